The van der Waals surface area contributed by atoms with E-state index in [-0.39, 0.29) is 5.56 Å². The van der Waals surface area contributed by atoms with E-state index in [4.69, 9.17) is 4.74 Å². The zero-order valence-corrected chi connectivity index (χ0v) is 21.1. The average Bonchev–Trinajstić information content (AvgIpc) is 3.18. The van der Waals surface area contributed by atoms with Crippen molar-refractivity contribution in [2.45, 2.75) is 31.7 Å². The third-order valence-corrected chi connectivity index (χ3v) is 7.92. The van der Waals surface area contributed by atoms with Crippen LogP contribution >= 0.6 is 0 Å². The Morgan fingerprint density at radius 1 is 0.972 bits per heavy atom. The van der Waals surface area contributed by atoms with E-state index >= 15 is 0 Å². The van der Waals surface area contributed by atoms with Crippen LogP contribution in [-0.2, 0) is 4.74 Å². The summed E-state index contributed by atoms with van der Waals surface area (Å²) in [6.07, 6.45) is 15.8. The Hall–Kier alpha value is -2.87. The van der Waals surface area contributed by atoms with Crippen molar-refractivity contribution in [3.05, 3.63) is 70.6 Å². The number of nitrogens with zero attached hydrogens (tertiary/aromatic N) is 4. The molecule has 0 radical (unpaired) electrons. The van der Waals surface area contributed by atoms with Crippen LogP contribution in [0.25, 0.3) is 10.9 Å². The minimum absolute atomic E-state index is 0.0228. The number of aromatic amines is 1. The van der Waals surface area contributed by atoms with Crippen molar-refractivity contribution >= 4 is 22.3 Å². The summed E-state index contributed by atoms with van der Waals surface area (Å²) in [5, 5.41) is 6.09. The van der Waals surface area contributed by atoms with Crippen LogP contribution in [0.1, 0.15) is 25.7 Å². The van der Waals surface area contributed by atoms with Crippen molar-refractivity contribution in [1.82, 2.24) is 14.9 Å². The van der Waals surface area contributed by atoms with Crippen LogP contribution < -0.4 is 15.5 Å². The molecule has 4 heterocycles. The highest BCUT2D eigenvalue weighted by atomic mass is 16.5. The van der Waals surface area contributed by atoms with E-state index in [1.165, 1.54) is 30.5 Å². The fourth-order valence-electron chi connectivity index (χ4n) is 5.92. The van der Waals surface area contributed by atoms with Gasteiger partial charge in [0.05, 0.1) is 36.1 Å². The normalized spacial score (nSPS) is 23.6. The highest BCUT2D eigenvalue weighted by Crippen LogP contribution is 2.36. The van der Waals surface area contributed by atoms with Gasteiger partial charge in [0.15, 0.2) is 0 Å². The Kier molecular flexibility index (Phi) is 6.94. The van der Waals surface area contributed by atoms with Crippen LogP contribution in [0.5, 0.6) is 0 Å². The van der Waals surface area contributed by atoms with Gasteiger partial charge in [-0.1, -0.05) is 30.4 Å². The predicted molar refractivity (Wildman–Crippen MR) is 147 cm³/mol. The molecular weight excluding hydrogens is 450 g/mol. The number of ether oxygens (including phenoxy) is 1. The molecule has 1 aromatic heterocycles. The van der Waals surface area contributed by atoms with Crippen molar-refractivity contribution in [3.63, 3.8) is 0 Å². The number of H-pyrrole nitrogens is 1. The fraction of sp³-hybridized carbons (Fsp3) is 0.483. The van der Waals surface area contributed by atoms with Gasteiger partial charge in [0.25, 0.3) is 0 Å². The largest absolute Gasteiger partial charge is 0.379 e. The summed E-state index contributed by atoms with van der Waals surface area (Å²) >= 11 is 0. The molecule has 1 aliphatic carbocycles. The first-order chi connectivity index (χ1) is 17.8. The van der Waals surface area contributed by atoms with Crippen molar-refractivity contribution in [3.8, 4) is 0 Å². The van der Waals surface area contributed by atoms with Gasteiger partial charge in [-0.25, -0.2) is 5.01 Å². The molecule has 6 rings (SSSR count). The van der Waals surface area contributed by atoms with Gasteiger partial charge in [0, 0.05) is 57.3 Å². The molecule has 0 bridgehead atoms. The number of benzene rings is 1. The zero-order chi connectivity index (χ0) is 24.3. The Morgan fingerprint density at radius 3 is 2.69 bits per heavy atom. The first kappa shape index (κ1) is 23.5. The number of hydrazine groups is 1. The number of hydrogen-bond acceptors (Lipinski definition) is 6. The van der Waals surface area contributed by atoms with E-state index in [2.05, 4.69) is 73.4 Å². The number of rotatable bonds is 6. The number of anilines is 2. The van der Waals surface area contributed by atoms with Crippen LogP contribution in [0.15, 0.2) is 65.0 Å². The molecule has 0 amide bonds. The van der Waals surface area contributed by atoms with Crippen LogP contribution in [0.2, 0.25) is 0 Å². The van der Waals surface area contributed by atoms with E-state index in [1.54, 1.807) is 6.07 Å². The molecule has 2 aromatic rings. The molecule has 0 spiro atoms. The standard InChI is InChI=1S/C29H37N5O2/c35-29-21-27(32-12-6-3-7-13-32)25-20-24(10-11-26(25)30-29)34-28(23-8-4-1-2-5-9-23)22-33(34)15-14-31-16-18-36-19-17-31/h1,4-5,8-11,20-21,28H,2-3,6-7,12-19,22H2,(H,30,35). The van der Waals surface area contributed by atoms with Gasteiger partial charge >= 0.3 is 0 Å². The summed E-state index contributed by atoms with van der Waals surface area (Å²) in [4.78, 5) is 20.4. The number of piperidine rings is 1. The van der Waals surface area contributed by atoms with Gasteiger partial charge in [0.2, 0.25) is 5.56 Å². The Balaban J connectivity index is 1.33. The maximum atomic E-state index is 12.5. The molecule has 0 saturated carbocycles. The molecule has 1 N–H and O–H groups in total. The molecular formula is C29H37N5O2. The van der Waals surface area contributed by atoms with Gasteiger partial charge in [0.1, 0.15) is 0 Å². The number of nitrogens with one attached hydrogen (secondary N) is 1. The van der Waals surface area contributed by atoms with E-state index in [0.29, 0.717) is 6.04 Å². The van der Waals surface area contributed by atoms with Gasteiger partial charge in [-0.15, -0.1) is 0 Å². The summed E-state index contributed by atoms with van der Waals surface area (Å²) in [5.41, 5.74) is 4.51. The minimum Gasteiger partial charge on any atom is -0.379 e. The molecule has 36 heavy (non-hydrogen) atoms. The molecule has 1 unspecified atom stereocenters. The van der Waals surface area contributed by atoms with Crippen LogP contribution in [0, 0.1) is 0 Å². The van der Waals surface area contributed by atoms with Crippen molar-refractivity contribution in [2.75, 3.05) is 68.9 Å². The molecule has 4 aliphatic rings. The van der Waals surface area contributed by atoms with Crippen LogP contribution in [-0.4, -0.2) is 80.0 Å². The highest BCUT2D eigenvalue weighted by molar-refractivity contribution is 5.94. The van der Waals surface area contributed by atoms with Crippen molar-refractivity contribution in [1.29, 1.82) is 0 Å². The Labute approximate surface area is 213 Å². The van der Waals surface area contributed by atoms with Crippen molar-refractivity contribution in [2.24, 2.45) is 0 Å². The average molecular weight is 488 g/mol. The molecule has 3 aliphatic heterocycles. The Bertz CT molecular complexity index is 1220. The number of pyridine rings is 1. The quantitative estimate of drug-likeness (QED) is 0.671. The topological polar surface area (TPSA) is 55.1 Å². The lowest BCUT2D eigenvalue weighted by molar-refractivity contribution is 0.0260. The maximum Gasteiger partial charge on any atom is 0.250 e. The van der Waals surface area contributed by atoms with Crippen LogP contribution in [0.4, 0.5) is 11.4 Å². The Morgan fingerprint density at radius 2 is 1.83 bits per heavy atom. The third-order valence-electron chi connectivity index (χ3n) is 7.92. The first-order valence-corrected chi connectivity index (χ1v) is 13.6. The SMILES string of the molecule is O=c1cc(N2CCCCC2)c2cc(N3C(C4=CC=CCC=C4)CN3CCN3CCOCC3)ccc2[nH]1. The van der Waals surface area contributed by atoms with E-state index in [1.807, 2.05) is 0 Å². The van der Waals surface area contributed by atoms with Crippen LogP contribution in [0.3, 0.4) is 0 Å². The van der Waals surface area contributed by atoms with E-state index < -0.39 is 0 Å². The number of fused-ring (bicyclic) bond motifs is 1. The monoisotopic (exact) mass is 487 g/mol. The summed E-state index contributed by atoms with van der Waals surface area (Å²) in [5.74, 6) is 0. The van der Waals surface area contributed by atoms with Gasteiger partial charge < -0.3 is 14.6 Å². The number of allylic oxidation sites excluding steroid dienone is 4. The summed E-state index contributed by atoms with van der Waals surface area (Å²) in [7, 11) is 0. The number of aromatic nitrogens is 1. The lowest BCUT2D eigenvalue weighted by Crippen LogP contribution is -2.66. The number of morpholine rings is 1. The second-order valence-electron chi connectivity index (χ2n) is 10.3. The van der Waals surface area contributed by atoms with E-state index in [9.17, 15) is 4.79 Å². The summed E-state index contributed by atoms with van der Waals surface area (Å²) in [6, 6.07) is 8.66. The molecule has 3 fully saturated rings. The molecule has 1 atom stereocenters. The zero-order valence-electron chi connectivity index (χ0n) is 21.1. The summed E-state index contributed by atoms with van der Waals surface area (Å²) < 4.78 is 5.54. The van der Waals surface area contributed by atoms with Gasteiger partial charge in [-0.2, -0.15) is 0 Å². The minimum atomic E-state index is -0.0228. The highest BCUT2D eigenvalue weighted by Gasteiger charge is 2.38. The fourth-order valence-corrected chi connectivity index (χ4v) is 5.92. The maximum absolute atomic E-state index is 12.5. The second-order valence-corrected chi connectivity index (χ2v) is 10.3. The third kappa shape index (κ3) is 4.88. The summed E-state index contributed by atoms with van der Waals surface area (Å²) in [6.45, 7) is 8.77. The molecule has 7 heteroatoms. The predicted octanol–water partition coefficient (Wildman–Crippen LogP) is 3.70. The second kappa shape index (κ2) is 10.6. The molecule has 1 aromatic carbocycles. The first-order valence-electron chi connectivity index (χ1n) is 13.6. The van der Waals surface area contributed by atoms with E-state index in [0.717, 1.165) is 82.0 Å². The molecule has 7 nitrogen and oxygen atoms in total. The lowest BCUT2D eigenvalue weighted by Gasteiger charge is -2.53. The molecule has 190 valence electrons. The molecule has 3 saturated heterocycles. The smallest absolute Gasteiger partial charge is 0.250 e. The lowest BCUT2D eigenvalue weighted by atomic mass is 9.99. The number of hydrogen-bond donors (Lipinski definition) is 1. The van der Waals surface area contributed by atoms with Gasteiger partial charge in [-0.05, 0) is 49.5 Å². The van der Waals surface area contributed by atoms with Gasteiger partial charge in [-0.3, -0.25) is 14.7 Å². The van der Waals surface area contributed by atoms with Crippen molar-refractivity contribution < 1.29 is 4.74 Å².